The zero-order valence-electron chi connectivity index (χ0n) is 21.6. The van der Waals surface area contributed by atoms with Gasteiger partial charge in [0.1, 0.15) is 5.75 Å². The summed E-state index contributed by atoms with van der Waals surface area (Å²) in [5, 5.41) is 17.4. The zero-order valence-corrected chi connectivity index (χ0v) is 23.2. The van der Waals surface area contributed by atoms with Gasteiger partial charge in [-0.25, -0.2) is 0 Å². The van der Waals surface area contributed by atoms with Gasteiger partial charge in [-0.3, -0.25) is 14.2 Å². The number of thioether (sulfide) groups is 1. The third-order valence-electron chi connectivity index (χ3n) is 5.99. The third-order valence-corrected chi connectivity index (χ3v) is 7.15. The van der Waals surface area contributed by atoms with Crippen molar-refractivity contribution < 1.29 is 14.3 Å². The van der Waals surface area contributed by atoms with E-state index >= 15 is 0 Å². The van der Waals surface area contributed by atoms with Gasteiger partial charge in [0.15, 0.2) is 11.0 Å². The molecule has 0 unspecified atom stereocenters. The predicted octanol–water partition coefficient (Wildman–Crippen LogP) is 6.13. The SMILES string of the molecule is CCOc1ccc(NC(=O)CSc2nnc(CNC(=O)c3cccc4ccccc34)n2-c2cccc(Cl)c2)cc1. The van der Waals surface area contributed by atoms with Crippen molar-refractivity contribution in [2.24, 2.45) is 0 Å². The van der Waals surface area contributed by atoms with Crippen molar-refractivity contribution in [3.8, 4) is 11.4 Å². The highest BCUT2D eigenvalue weighted by Crippen LogP contribution is 2.25. The number of nitrogens with zero attached hydrogens (tertiary/aromatic N) is 3. The van der Waals surface area contributed by atoms with E-state index in [1.54, 1.807) is 47.0 Å². The maximum atomic E-state index is 13.1. The Balaban J connectivity index is 1.31. The second-order valence-electron chi connectivity index (χ2n) is 8.72. The van der Waals surface area contributed by atoms with Crippen LogP contribution in [0.15, 0.2) is 96.2 Å². The standard InChI is InChI=1S/C30H26ClN5O3S/c1-2-39-24-15-13-22(14-16-24)33-28(37)19-40-30-35-34-27(36(30)23-10-6-9-21(31)17-23)18-32-29(38)26-12-5-8-20-7-3-4-11-25(20)26/h3-17H,2,18-19H2,1H3,(H,32,38)(H,33,37). The minimum absolute atomic E-state index is 0.105. The number of hydrogen-bond acceptors (Lipinski definition) is 6. The summed E-state index contributed by atoms with van der Waals surface area (Å²) in [6.07, 6.45) is 0. The molecule has 2 amide bonds. The summed E-state index contributed by atoms with van der Waals surface area (Å²) in [6, 6.07) is 27.8. The van der Waals surface area contributed by atoms with Crippen LogP contribution in [0.3, 0.4) is 0 Å². The van der Waals surface area contributed by atoms with E-state index in [0.29, 0.717) is 33.9 Å². The first-order valence-electron chi connectivity index (χ1n) is 12.6. The molecular weight excluding hydrogens is 546 g/mol. The Morgan fingerprint density at radius 1 is 0.950 bits per heavy atom. The first-order valence-corrected chi connectivity index (χ1v) is 14.0. The average Bonchev–Trinajstić information content (AvgIpc) is 3.38. The van der Waals surface area contributed by atoms with E-state index in [0.717, 1.165) is 22.2 Å². The van der Waals surface area contributed by atoms with Crippen LogP contribution >= 0.6 is 23.4 Å². The molecule has 0 saturated heterocycles. The van der Waals surface area contributed by atoms with Crippen molar-refractivity contribution in [3.63, 3.8) is 0 Å². The van der Waals surface area contributed by atoms with Gasteiger partial charge in [0.05, 0.1) is 24.6 Å². The molecule has 0 radical (unpaired) electrons. The predicted molar refractivity (Wildman–Crippen MR) is 158 cm³/mol. The second-order valence-corrected chi connectivity index (χ2v) is 10.1. The Hall–Kier alpha value is -4.34. The van der Waals surface area contributed by atoms with Gasteiger partial charge in [0.25, 0.3) is 5.91 Å². The molecule has 0 bridgehead atoms. The van der Waals surface area contributed by atoms with Gasteiger partial charge in [-0.1, -0.05) is 65.8 Å². The maximum Gasteiger partial charge on any atom is 0.252 e. The highest BCUT2D eigenvalue weighted by atomic mass is 35.5. The van der Waals surface area contributed by atoms with Crippen LogP contribution in [0.5, 0.6) is 5.75 Å². The molecule has 0 aliphatic carbocycles. The van der Waals surface area contributed by atoms with Crippen molar-refractivity contribution in [2.45, 2.75) is 18.6 Å². The normalized spacial score (nSPS) is 10.8. The minimum atomic E-state index is -0.221. The van der Waals surface area contributed by atoms with Gasteiger partial charge in [0.2, 0.25) is 5.91 Å². The van der Waals surface area contributed by atoms with Crippen LogP contribution in [0.1, 0.15) is 23.1 Å². The molecule has 2 N–H and O–H groups in total. The van der Waals surface area contributed by atoms with Gasteiger partial charge in [-0.2, -0.15) is 0 Å². The maximum absolute atomic E-state index is 13.1. The second kappa shape index (κ2) is 12.7. The summed E-state index contributed by atoms with van der Waals surface area (Å²) in [4.78, 5) is 25.8. The van der Waals surface area contributed by atoms with Crippen LogP contribution in [0.2, 0.25) is 5.02 Å². The number of aromatic nitrogens is 3. The van der Waals surface area contributed by atoms with Crippen LogP contribution in [0.25, 0.3) is 16.5 Å². The minimum Gasteiger partial charge on any atom is -0.494 e. The fourth-order valence-corrected chi connectivity index (χ4v) is 5.14. The molecule has 0 atom stereocenters. The van der Waals surface area contributed by atoms with Crippen molar-refractivity contribution in [1.29, 1.82) is 0 Å². The number of anilines is 1. The molecule has 0 aliphatic rings. The van der Waals surface area contributed by atoms with Crippen LogP contribution in [0.4, 0.5) is 5.69 Å². The van der Waals surface area contributed by atoms with Crippen molar-refractivity contribution in [1.82, 2.24) is 20.1 Å². The van der Waals surface area contributed by atoms with Crippen LogP contribution < -0.4 is 15.4 Å². The van der Waals surface area contributed by atoms with Gasteiger partial charge < -0.3 is 15.4 Å². The Morgan fingerprint density at radius 2 is 1.73 bits per heavy atom. The van der Waals surface area contributed by atoms with Crippen molar-refractivity contribution in [3.05, 3.63) is 107 Å². The topological polar surface area (TPSA) is 98.1 Å². The first-order chi connectivity index (χ1) is 19.5. The van der Waals surface area contributed by atoms with E-state index in [4.69, 9.17) is 16.3 Å². The zero-order chi connectivity index (χ0) is 27.9. The van der Waals surface area contributed by atoms with E-state index in [-0.39, 0.29) is 24.1 Å². The number of ether oxygens (including phenoxy) is 1. The van der Waals surface area contributed by atoms with E-state index < -0.39 is 0 Å². The number of halogens is 1. The fraction of sp³-hybridized carbons (Fsp3) is 0.133. The molecular formula is C30H26ClN5O3S. The van der Waals surface area contributed by atoms with Gasteiger partial charge in [-0.05, 0) is 66.2 Å². The third kappa shape index (κ3) is 6.44. The molecule has 4 aromatic carbocycles. The Labute approximate surface area is 240 Å². The monoisotopic (exact) mass is 571 g/mol. The Morgan fingerprint density at radius 3 is 2.52 bits per heavy atom. The lowest BCUT2D eigenvalue weighted by atomic mass is 10.0. The summed E-state index contributed by atoms with van der Waals surface area (Å²) in [5.41, 5.74) is 1.97. The number of rotatable bonds is 10. The molecule has 202 valence electrons. The van der Waals surface area contributed by atoms with Gasteiger partial charge in [-0.15, -0.1) is 10.2 Å². The molecule has 0 aliphatic heterocycles. The van der Waals surface area contributed by atoms with Crippen LogP contribution in [-0.4, -0.2) is 38.9 Å². The van der Waals surface area contributed by atoms with Crippen LogP contribution in [0, 0.1) is 0 Å². The number of benzene rings is 4. The molecule has 1 heterocycles. The first kappa shape index (κ1) is 27.2. The van der Waals surface area contributed by atoms with Gasteiger partial charge in [0, 0.05) is 16.3 Å². The number of hydrogen-bond donors (Lipinski definition) is 2. The number of carbonyl (C=O) groups excluding carboxylic acids is 2. The molecule has 0 spiro atoms. The molecule has 5 aromatic rings. The quantitative estimate of drug-likeness (QED) is 0.196. The smallest absolute Gasteiger partial charge is 0.252 e. The lowest BCUT2D eigenvalue weighted by molar-refractivity contribution is -0.113. The van der Waals surface area contributed by atoms with Crippen LogP contribution in [-0.2, 0) is 11.3 Å². The number of amides is 2. The van der Waals surface area contributed by atoms with E-state index in [9.17, 15) is 9.59 Å². The summed E-state index contributed by atoms with van der Waals surface area (Å²) in [7, 11) is 0. The number of fused-ring (bicyclic) bond motifs is 1. The molecule has 10 heteroatoms. The largest absolute Gasteiger partial charge is 0.494 e. The average molecular weight is 572 g/mol. The number of nitrogens with one attached hydrogen (secondary N) is 2. The molecule has 40 heavy (non-hydrogen) atoms. The lowest BCUT2D eigenvalue weighted by Crippen LogP contribution is -2.25. The van der Waals surface area contributed by atoms with Crippen molar-refractivity contribution >= 4 is 51.6 Å². The Bertz CT molecular complexity index is 1650. The highest BCUT2D eigenvalue weighted by Gasteiger charge is 2.18. The fourth-order valence-electron chi connectivity index (χ4n) is 4.19. The summed E-state index contributed by atoms with van der Waals surface area (Å²) >= 11 is 7.51. The van der Waals surface area contributed by atoms with Gasteiger partial charge >= 0.3 is 0 Å². The highest BCUT2D eigenvalue weighted by molar-refractivity contribution is 7.99. The lowest BCUT2D eigenvalue weighted by Gasteiger charge is -2.12. The van der Waals surface area contributed by atoms with E-state index in [2.05, 4.69) is 20.8 Å². The van der Waals surface area contributed by atoms with E-state index in [1.165, 1.54) is 11.8 Å². The summed E-state index contributed by atoms with van der Waals surface area (Å²) in [6.45, 7) is 2.62. The molecule has 1 aromatic heterocycles. The van der Waals surface area contributed by atoms with E-state index in [1.807, 2.05) is 55.5 Å². The number of carbonyl (C=O) groups is 2. The molecule has 8 nitrogen and oxygen atoms in total. The summed E-state index contributed by atoms with van der Waals surface area (Å²) < 4.78 is 7.24. The molecule has 0 fully saturated rings. The van der Waals surface area contributed by atoms with Crippen molar-refractivity contribution in [2.75, 3.05) is 17.7 Å². The molecule has 5 rings (SSSR count). The Kier molecular flexibility index (Phi) is 8.63. The molecule has 0 saturated carbocycles. The summed E-state index contributed by atoms with van der Waals surface area (Å²) in [5.74, 6) is 0.936.